The number of fused-ring (bicyclic) bond motifs is 5. The van der Waals surface area contributed by atoms with Crippen molar-refractivity contribution in [1.82, 2.24) is 0 Å². The standard InChI is InChI=1S/C28H44O7/c1-15(6-9-25(32)33)20-7-8-21-26-22(14-24(31)28(20,21)5)27(4)11-10-19(34-16(2)29)12-18(27)13-23(26)35-17(3)30/h15,18-24,26,31H,6-14H2,1-5H3,(H,32,33)/t15-,18-,19-,20+,21+,22+,23-,24+,26+,27-,28+/m1/s1. The van der Waals surface area contributed by atoms with Gasteiger partial charge >= 0.3 is 17.9 Å². The van der Waals surface area contributed by atoms with Crippen LogP contribution >= 0.6 is 0 Å². The number of rotatable bonds is 6. The van der Waals surface area contributed by atoms with E-state index >= 15 is 0 Å². The van der Waals surface area contributed by atoms with Gasteiger partial charge in [-0.05, 0) is 91.8 Å². The van der Waals surface area contributed by atoms with Crippen LogP contribution in [0.4, 0.5) is 0 Å². The Kier molecular flexibility index (Phi) is 7.31. The molecule has 35 heavy (non-hydrogen) atoms. The van der Waals surface area contributed by atoms with Crippen molar-refractivity contribution >= 4 is 17.9 Å². The van der Waals surface area contributed by atoms with Gasteiger partial charge in [0.05, 0.1) is 6.10 Å². The number of hydrogen-bond donors (Lipinski definition) is 2. The van der Waals surface area contributed by atoms with Gasteiger partial charge in [-0.15, -0.1) is 0 Å². The Morgan fingerprint density at radius 2 is 1.66 bits per heavy atom. The molecule has 4 rings (SSSR count). The summed E-state index contributed by atoms with van der Waals surface area (Å²) in [6.07, 6.45) is 5.99. The molecule has 4 saturated carbocycles. The molecule has 198 valence electrons. The van der Waals surface area contributed by atoms with Gasteiger partial charge in [0.25, 0.3) is 0 Å². The third-order valence-electron chi connectivity index (χ3n) is 10.9. The molecule has 0 spiro atoms. The zero-order valence-electron chi connectivity index (χ0n) is 22.0. The Bertz CT molecular complexity index is 841. The SMILES string of the molecule is CC(=O)O[C@@H]1CC[C@]2(C)[C@H](C1)C[C@@H](OC(C)=O)[C@@H]1[C@@H]2C[C@H](O)[C@]2(C)[C@H]1CC[C@H]2[C@H](C)CCC(=O)O. The molecular weight excluding hydrogens is 448 g/mol. The Morgan fingerprint density at radius 1 is 0.971 bits per heavy atom. The first-order valence-electron chi connectivity index (χ1n) is 13.6. The summed E-state index contributed by atoms with van der Waals surface area (Å²) in [5, 5.41) is 20.9. The van der Waals surface area contributed by atoms with Crippen LogP contribution in [0.15, 0.2) is 0 Å². The molecule has 0 amide bonds. The van der Waals surface area contributed by atoms with Crippen molar-refractivity contribution in [2.45, 2.75) is 111 Å². The second-order valence-electron chi connectivity index (χ2n) is 12.6. The van der Waals surface area contributed by atoms with E-state index in [9.17, 15) is 24.6 Å². The van der Waals surface area contributed by atoms with Crippen molar-refractivity contribution in [2.75, 3.05) is 0 Å². The average Bonchev–Trinajstić information content (AvgIpc) is 3.11. The minimum Gasteiger partial charge on any atom is -0.481 e. The Labute approximate surface area is 209 Å². The summed E-state index contributed by atoms with van der Waals surface area (Å²) >= 11 is 0. The predicted octanol–water partition coefficient (Wildman–Crippen LogP) is 4.59. The van der Waals surface area contributed by atoms with Crippen LogP contribution in [0.3, 0.4) is 0 Å². The third-order valence-corrected chi connectivity index (χ3v) is 10.9. The number of carbonyl (C=O) groups is 3. The predicted molar refractivity (Wildman–Crippen MR) is 129 cm³/mol. The Hall–Kier alpha value is -1.63. The van der Waals surface area contributed by atoms with E-state index in [4.69, 9.17) is 9.47 Å². The molecule has 11 atom stereocenters. The van der Waals surface area contributed by atoms with Crippen molar-refractivity contribution in [2.24, 2.45) is 46.3 Å². The van der Waals surface area contributed by atoms with E-state index in [0.717, 1.165) is 38.5 Å². The highest BCUT2D eigenvalue weighted by atomic mass is 16.5. The van der Waals surface area contributed by atoms with Crippen LogP contribution in [-0.4, -0.2) is 46.4 Å². The maximum atomic E-state index is 12.2. The number of carboxylic acid groups (broad SMARTS) is 1. The van der Waals surface area contributed by atoms with Crippen LogP contribution in [0.25, 0.3) is 0 Å². The van der Waals surface area contributed by atoms with Crippen molar-refractivity contribution in [3.63, 3.8) is 0 Å². The van der Waals surface area contributed by atoms with E-state index in [1.54, 1.807) is 0 Å². The van der Waals surface area contributed by atoms with Crippen molar-refractivity contribution in [3.8, 4) is 0 Å². The summed E-state index contributed by atoms with van der Waals surface area (Å²) in [5.41, 5.74) is -0.303. The maximum Gasteiger partial charge on any atom is 0.303 e. The van der Waals surface area contributed by atoms with E-state index in [0.29, 0.717) is 12.8 Å². The monoisotopic (exact) mass is 492 g/mol. The van der Waals surface area contributed by atoms with E-state index in [-0.39, 0.29) is 76.9 Å². The molecule has 2 N–H and O–H groups in total. The fourth-order valence-corrected chi connectivity index (χ4v) is 9.32. The molecule has 0 aromatic heterocycles. The highest BCUT2D eigenvalue weighted by Gasteiger charge is 2.66. The molecule has 0 aromatic carbocycles. The Balaban J connectivity index is 1.64. The molecule has 0 saturated heterocycles. The third kappa shape index (κ3) is 4.62. The van der Waals surface area contributed by atoms with Crippen molar-refractivity contribution in [3.05, 3.63) is 0 Å². The van der Waals surface area contributed by atoms with E-state index in [2.05, 4.69) is 20.8 Å². The summed E-state index contributed by atoms with van der Waals surface area (Å²) in [7, 11) is 0. The molecule has 7 nitrogen and oxygen atoms in total. The smallest absolute Gasteiger partial charge is 0.303 e. The summed E-state index contributed by atoms with van der Waals surface area (Å²) < 4.78 is 11.6. The van der Waals surface area contributed by atoms with Crippen LogP contribution in [0.2, 0.25) is 0 Å². The van der Waals surface area contributed by atoms with Gasteiger partial charge in [0, 0.05) is 26.2 Å². The van der Waals surface area contributed by atoms with Gasteiger partial charge in [-0.2, -0.15) is 0 Å². The number of aliphatic carboxylic acids is 1. The Morgan fingerprint density at radius 3 is 2.29 bits per heavy atom. The number of aliphatic hydroxyl groups excluding tert-OH is 1. The topological polar surface area (TPSA) is 110 Å². The van der Waals surface area contributed by atoms with Crippen LogP contribution < -0.4 is 0 Å². The van der Waals surface area contributed by atoms with Gasteiger partial charge in [-0.25, -0.2) is 0 Å². The van der Waals surface area contributed by atoms with Crippen molar-refractivity contribution < 1.29 is 34.1 Å². The minimum atomic E-state index is -0.772. The minimum absolute atomic E-state index is 0.00723. The lowest BCUT2D eigenvalue weighted by Crippen LogP contribution is -2.63. The second kappa shape index (κ2) is 9.68. The maximum absolute atomic E-state index is 12.2. The molecular formula is C28H44O7. The van der Waals surface area contributed by atoms with Gasteiger partial charge in [0.1, 0.15) is 12.2 Å². The summed E-state index contributed by atoms with van der Waals surface area (Å²) in [6.45, 7) is 9.63. The highest BCUT2D eigenvalue weighted by molar-refractivity contribution is 5.67. The lowest BCUT2D eigenvalue weighted by atomic mass is 9.43. The zero-order valence-corrected chi connectivity index (χ0v) is 22.0. The molecule has 0 aromatic rings. The van der Waals surface area contributed by atoms with E-state index in [1.807, 2.05) is 0 Å². The molecule has 7 heteroatoms. The van der Waals surface area contributed by atoms with Crippen molar-refractivity contribution in [1.29, 1.82) is 0 Å². The first-order chi connectivity index (χ1) is 16.4. The molecule has 0 aliphatic heterocycles. The number of hydrogen-bond acceptors (Lipinski definition) is 6. The summed E-state index contributed by atoms with van der Waals surface area (Å²) in [6, 6.07) is 0. The number of aliphatic hydroxyl groups is 1. The number of carbonyl (C=O) groups excluding carboxylic acids is 2. The fourth-order valence-electron chi connectivity index (χ4n) is 9.32. The first kappa shape index (κ1) is 26.4. The second-order valence-corrected chi connectivity index (χ2v) is 12.6. The first-order valence-corrected chi connectivity index (χ1v) is 13.6. The molecule has 0 heterocycles. The van der Waals surface area contributed by atoms with Gasteiger partial charge in [-0.3, -0.25) is 14.4 Å². The molecule has 0 bridgehead atoms. The fraction of sp³-hybridized carbons (Fsp3) is 0.893. The average molecular weight is 493 g/mol. The lowest BCUT2D eigenvalue weighted by molar-refractivity contribution is -0.218. The van der Waals surface area contributed by atoms with Crippen LogP contribution in [0.1, 0.15) is 92.4 Å². The number of carboxylic acids is 1. The molecule has 4 aliphatic carbocycles. The highest BCUT2D eigenvalue weighted by Crippen LogP contribution is 2.68. The van der Waals surface area contributed by atoms with Crippen LogP contribution in [0, 0.1) is 46.3 Å². The van der Waals surface area contributed by atoms with E-state index < -0.39 is 12.1 Å². The zero-order chi connectivity index (χ0) is 25.7. The summed E-state index contributed by atoms with van der Waals surface area (Å²) in [4.78, 5) is 35.0. The van der Waals surface area contributed by atoms with Gasteiger partial charge in [0.15, 0.2) is 0 Å². The van der Waals surface area contributed by atoms with Gasteiger partial charge in [-0.1, -0.05) is 20.8 Å². The van der Waals surface area contributed by atoms with Gasteiger partial charge < -0.3 is 19.7 Å². The largest absolute Gasteiger partial charge is 0.481 e. The molecule has 4 aliphatic rings. The number of esters is 2. The summed E-state index contributed by atoms with van der Waals surface area (Å²) in [5.74, 6) is 0.128. The van der Waals surface area contributed by atoms with E-state index in [1.165, 1.54) is 13.8 Å². The van der Waals surface area contributed by atoms with Crippen LogP contribution in [0.5, 0.6) is 0 Å². The van der Waals surface area contributed by atoms with Crippen LogP contribution in [-0.2, 0) is 23.9 Å². The quantitative estimate of drug-likeness (QED) is 0.522. The normalized spacial score (nSPS) is 45.4. The lowest BCUT2D eigenvalue weighted by Gasteiger charge is -2.64. The number of ether oxygens (including phenoxy) is 2. The molecule has 0 unspecified atom stereocenters. The molecule has 4 fully saturated rings. The van der Waals surface area contributed by atoms with Gasteiger partial charge in [0.2, 0.25) is 0 Å². The molecule has 0 radical (unpaired) electrons.